The Kier molecular flexibility index (Phi) is 7.03. The summed E-state index contributed by atoms with van der Waals surface area (Å²) >= 11 is 0. The zero-order valence-corrected chi connectivity index (χ0v) is 17.1. The maximum Gasteiger partial charge on any atom is 0.191 e. The van der Waals surface area contributed by atoms with E-state index in [2.05, 4.69) is 32.4 Å². The summed E-state index contributed by atoms with van der Waals surface area (Å²) in [6.07, 6.45) is 6.88. The molecule has 0 radical (unpaired) electrons. The maximum absolute atomic E-state index is 14.5. The molecule has 1 aliphatic rings. The van der Waals surface area contributed by atoms with E-state index in [4.69, 9.17) is 0 Å². The smallest absolute Gasteiger partial charge is 0.191 e. The SMILES string of the molecule is CCCN1CCC(NC(=NC)NCc2ccc(-n3ccnc3C)c(F)c2)CC1. The lowest BCUT2D eigenvalue weighted by Crippen LogP contribution is -2.48. The summed E-state index contributed by atoms with van der Waals surface area (Å²) in [7, 11) is 1.77. The Bertz CT molecular complexity index is 792. The van der Waals surface area contributed by atoms with Gasteiger partial charge in [-0.2, -0.15) is 0 Å². The van der Waals surface area contributed by atoms with Gasteiger partial charge >= 0.3 is 0 Å². The van der Waals surface area contributed by atoms with Gasteiger partial charge in [-0.05, 0) is 50.4 Å². The van der Waals surface area contributed by atoms with Crippen molar-refractivity contribution in [2.24, 2.45) is 4.99 Å². The molecular formula is C21H31FN6. The van der Waals surface area contributed by atoms with Crippen molar-refractivity contribution in [3.05, 3.63) is 47.8 Å². The monoisotopic (exact) mass is 386 g/mol. The van der Waals surface area contributed by atoms with Gasteiger partial charge in [-0.15, -0.1) is 0 Å². The van der Waals surface area contributed by atoms with Crippen LogP contribution in [0.4, 0.5) is 4.39 Å². The van der Waals surface area contributed by atoms with Crippen molar-refractivity contribution in [1.82, 2.24) is 25.1 Å². The van der Waals surface area contributed by atoms with Crippen LogP contribution < -0.4 is 10.6 Å². The number of aryl methyl sites for hydroxylation is 1. The van der Waals surface area contributed by atoms with Gasteiger partial charge in [0.05, 0.1) is 5.69 Å². The molecule has 0 atom stereocenters. The van der Waals surface area contributed by atoms with Crippen LogP contribution in [-0.2, 0) is 6.54 Å². The van der Waals surface area contributed by atoms with Gasteiger partial charge in [0, 0.05) is 45.1 Å². The van der Waals surface area contributed by atoms with Crippen LogP contribution in [0.5, 0.6) is 0 Å². The molecule has 1 aromatic carbocycles. The third-order valence-corrected chi connectivity index (χ3v) is 5.25. The van der Waals surface area contributed by atoms with Crippen LogP contribution in [-0.4, -0.2) is 53.1 Å². The highest BCUT2D eigenvalue weighted by Crippen LogP contribution is 2.17. The first-order valence-corrected chi connectivity index (χ1v) is 10.1. The molecule has 152 valence electrons. The van der Waals surface area contributed by atoms with Crippen LogP contribution in [0.25, 0.3) is 5.69 Å². The number of guanidine groups is 1. The van der Waals surface area contributed by atoms with Crippen molar-refractivity contribution < 1.29 is 4.39 Å². The molecule has 1 aliphatic heterocycles. The quantitative estimate of drug-likeness (QED) is 0.592. The van der Waals surface area contributed by atoms with Crippen molar-refractivity contribution in [2.75, 3.05) is 26.7 Å². The molecule has 0 unspecified atom stereocenters. The van der Waals surface area contributed by atoms with E-state index in [0.29, 0.717) is 18.3 Å². The van der Waals surface area contributed by atoms with Crippen LogP contribution in [0.1, 0.15) is 37.6 Å². The maximum atomic E-state index is 14.5. The third-order valence-electron chi connectivity index (χ3n) is 5.25. The molecule has 1 fully saturated rings. The second-order valence-electron chi connectivity index (χ2n) is 7.32. The first-order chi connectivity index (χ1) is 13.6. The molecule has 28 heavy (non-hydrogen) atoms. The van der Waals surface area contributed by atoms with E-state index >= 15 is 0 Å². The van der Waals surface area contributed by atoms with Crippen molar-refractivity contribution >= 4 is 5.96 Å². The molecule has 0 bridgehead atoms. The molecule has 0 amide bonds. The predicted molar refractivity (Wildman–Crippen MR) is 111 cm³/mol. The van der Waals surface area contributed by atoms with Crippen molar-refractivity contribution in [1.29, 1.82) is 0 Å². The highest BCUT2D eigenvalue weighted by atomic mass is 19.1. The lowest BCUT2D eigenvalue weighted by Gasteiger charge is -2.32. The fraction of sp³-hybridized carbons (Fsp3) is 0.524. The average molecular weight is 387 g/mol. The molecule has 0 aliphatic carbocycles. The van der Waals surface area contributed by atoms with Crippen LogP contribution in [0, 0.1) is 12.7 Å². The van der Waals surface area contributed by atoms with Gasteiger partial charge < -0.3 is 20.1 Å². The van der Waals surface area contributed by atoms with Gasteiger partial charge in [0.15, 0.2) is 5.96 Å². The third kappa shape index (κ3) is 5.10. The van der Waals surface area contributed by atoms with Gasteiger partial charge in [-0.25, -0.2) is 9.37 Å². The lowest BCUT2D eigenvalue weighted by molar-refractivity contribution is 0.206. The van der Waals surface area contributed by atoms with E-state index in [1.807, 2.05) is 13.0 Å². The number of imidazole rings is 1. The highest BCUT2D eigenvalue weighted by molar-refractivity contribution is 5.79. The summed E-state index contributed by atoms with van der Waals surface area (Å²) in [5.41, 5.74) is 1.39. The van der Waals surface area contributed by atoms with Gasteiger partial charge in [-0.1, -0.05) is 13.0 Å². The Balaban J connectivity index is 1.53. The molecule has 2 heterocycles. The summed E-state index contributed by atoms with van der Waals surface area (Å²) in [5, 5.41) is 6.80. The molecule has 0 saturated carbocycles. The van der Waals surface area contributed by atoms with Crippen molar-refractivity contribution in [3.63, 3.8) is 0 Å². The van der Waals surface area contributed by atoms with Crippen LogP contribution in [0.15, 0.2) is 35.6 Å². The molecule has 7 heteroatoms. The summed E-state index contributed by atoms with van der Waals surface area (Å²) < 4.78 is 16.3. The molecule has 2 aromatic rings. The standard InChI is InChI=1S/C21H31FN6/c1-4-10-27-11-7-18(8-12-27)26-21(23-3)25-15-17-5-6-20(19(22)14-17)28-13-9-24-16(28)2/h5-6,9,13-14,18H,4,7-8,10-12,15H2,1-3H3,(H2,23,25,26). The van der Waals surface area contributed by atoms with Crippen molar-refractivity contribution in [3.8, 4) is 5.69 Å². The van der Waals surface area contributed by atoms with Gasteiger partial charge in [-0.3, -0.25) is 4.99 Å². The largest absolute Gasteiger partial charge is 0.354 e. The topological polar surface area (TPSA) is 57.5 Å². The van der Waals surface area contributed by atoms with E-state index in [1.54, 1.807) is 36.1 Å². The number of hydrogen-bond acceptors (Lipinski definition) is 3. The minimum atomic E-state index is -0.258. The predicted octanol–water partition coefficient (Wildman–Crippen LogP) is 2.86. The first kappa shape index (κ1) is 20.3. The van der Waals surface area contributed by atoms with Crippen molar-refractivity contribution in [2.45, 2.75) is 45.7 Å². The minimum absolute atomic E-state index is 0.258. The van der Waals surface area contributed by atoms with Gasteiger partial charge in [0.2, 0.25) is 0 Å². The lowest BCUT2D eigenvalue weighted by atomic mass is 10.1. The normalized spacial score (nSPS) is 16.4. The summed E-state index contributed by atoms with van der Waals surface area (Å²) in [6, 6.07) is 5.72. The van der Waals surface area contributed by atoms with E-state index < -0.39 is 0 Å². The number of rotatable bonds is 6. The van der Waals surface area contributed by atoms with E-state index in [0.717, 1.165) is 43.3 Å². The fourth-order valence-corrected chi connectivity index (χ4v) is 3.68. The number of halogens is 1. The summed E-state index contributed by atoms with van der Waals surface area (Å²) in [6.45, 7) is 8.04. The minimum Gasteiger partial charge on any atom is -0.354 e. The Labute approximate surface area is 166 Å². The Hall–Kier alpha value is -2.41. The van der Waals surface area contributed by atoms with Crippen LogP contribution in [0.3, 0.4) is 0 Å². The number of piperidine rings is 1. The average Bonchev–Trinajstić information content (AvgIpc) is 3.12. The second kappa shape index (κ2) is 9.68. The fourth-order valence-electron chi connectivity index (χ4n) is 3.68. The number of nitrogens with zero attached hydrogens (tertiary/aromatic N) is 4. The van der Waals surface area contributed by atoms with E-state index in [-0.39, 0.29) is 5.82 Å². The number of likely N-dealkylation sites (tertiary alicyclic amines) is 1. The molecular weight excluding hydrogens is 355 g/mol. The number of nitrogens with one attached hydrogen (secondary N) is 2. The summed E-state index contributed by atoms with van der Waals surface area (Å²) in [5.74, 6) is 1.27. The van der Waals surface area contributed by atoms with Gasteiger partial charge in [0.1, 0.15) is 11.6 Å². The Morgan fingerprint density at radius 1 is 1.32 bits per heavy atom. The second-order valence-corrected chi connectivity index (χ2v) is 7.32. The van der Waals surface area contributed by atoms with E-state index in [9.17, 15) is 4.39 Å². The first-order valence-electron chi connectivity index (χ1n) is 10.1. The molecule has 1 aromatic heterocycles. The summed E-state index contributed by atoms with van der Waals surface area (Å²) in [4.78, 5) is 11.0. The number of aliphatic imine (C=N–C) groups is 1. The Morgan fingerprint density at radius 2 is 2.11 bits per heavy atom. The highest BCUT2D eigenvalue weighted by Gasteiger charge is 2.19. The number of hydrogen-bond donors (Lipinski definition) is 2. The zero-order valence-electron chi connectivity index (χ0n) is 17.1. The molecule has 0 spiro atoms. The van der Waals surface area contributed by atoms with Gasteiger partial charge in [0.25, 0.3) is 0 Å². The van der Waals surface area contributed by atoms with Crippen LogP contribution >= 0.6 is 0 Å². The molecule has 1 saturated heterocycles. The van der Waals surface area contributed by atoms with Crippen LogP contribution in [0.2, 0.25) is 0 Å². The number of aromatic nitrogens is 2. The molecule has 3 rings (SSSR count). The van der Waals surface area contributed by atoms with E-state index in [1.165, 1.54) is 13.0 Å². The molecule has 2 N–H and O–H groups in total. The zero-order chi connectivity index (χ0) is 19.9. The number of benzene rings is 1. The molecule has 6 nitrogen and oxygen atoms in total. The Morgan fingerprint density at radius 3 is 2.71 bits per heavy atom.